The van der Waals surface area contributed by atoms with E-state index in [0.717, 1.165) is 20.2 Å². The molecule has 0 saturated heterocycles. The van der Waals surface area contributed by atoms with Crippen LogP contribution < -0.4 is 5.32 Å². The lowest BCUT2D eigenvalue weighted by Crippen LogP contribution is -2.00. The Morgan fingerprint density at radius 2 is 1.94 bits per heavy atom. The summed E-state index contributed by atoms with van der Waals surface area (Å²) in [6, 6.07) is 15.7. The van der Waals surface area contributed by atoms with E-state index in [1.807, 2.05) is 36.4 Å². The maximum atomic E-state index is 8.84. The third-order valence-corrected chi connectivity index (χ3v) is 3.65. The van der Waals surface area contributed by atoms with Crippen molar-refractivity contribution in [3.05, 3.63) is 62.5 Å². The lowest BCUT2D eigenvalue weighted by molar-refractivity contribution is 1.14. The van der Waals surface area contributed by atoms with Crippen LogP contribution in [0.1, 0.15) is 11.1 Å². The highest BCUT2D eigenvalue weighted by atomic mass is 79.9. The first-order valence-corrected chi connectivity index (χ1v) is 6.95. The van der Waals surface area contributed by atoms with Gasteiger partial charge in [-0.1, -0.05) is 28.1 Å². The molecule has 2 aromatic carbocycles. The monoisotopic (exact) mass is 364 g/mol. The molecular formula is C14H10Br2N2. The highest BCUT2D eigenvalue weighted by Gasteiger charge is 2.01. The third kappa shape index (κ3) is 3.34. The number of hydrogen-bond donors (Lipinski definition) is 1. The number of rotatable bonds is 3. The minimum Gasteiger partial charge on any atom is -0.380 e. The van der Waals surface area contributed by atoms with Crippen molar-refractivity contribution in [1.82, 2.24) is 0 Å². The SMILES string of the molecule is N#Cc1cccc(CNc2cc(Br)ccc2Br)c1. The first-order chi connectivity index (χ1) is 8.69. The fourth-order valence-electron chi connectivity index (χ4n) is 1.58. The van der Waals surface area contributed by atoms with Gasteiger partial charge in [-0.3, -0.25) is 0 Å². The smallest absolute Gasteiger partial charge is 0.0991 e. The van der Waals surface area contributed by atoms with Gasteiger partial charge in [0.15, 0.2) is 0 Å². The number of nitriles is 1. The molecule has 0 spiro atoms. The number of benzene rings is 2. The van der Waals surface area contributed by atoms with Crippen LogP contribution in [0.2, 0.25) is 0 Å². The Bertz CT molecular complexity index is 603. The summed E-state index contributed by atoms with van der Waals surface area (Å²) in [4.78, 5) is 0. The molecular weight excluding hydrogens is 356 g/mol. The lowest BCUT2D eigenvalue weighted by atomic mass is 10.1. The number of anilines is 1. The van der Waals surface area contributed by atoms with Gasteiger partial charge in [0.25, 0.3) is 0 Å². The van der Waals surface area contributed by atoms with Crippen LogP contribution in [-0.2, 0) is 6.54 Å². The van der Waals surface area contributed by atoms with Crippen LogP contribution in [0.25, 0.3) is 0 Å². The van der Waals surface area contributed by atoms with Gasteiger partial charge >= 0.3 is 0 Å². The predicted octanol–water partition coefficient (Wildman–Crippen LogP) is 4.70. The quantitative estimate of drug-likeness (QED) is 0.855. The summed E-state index contributed by atoms with van der Waals surface area (Å²) in [7, 11) is 0. The Morgan fingerprint density at radius 3 is 2.72 bits per heavy atom. The molecule has 0 bridgehead atoms. The summed E-state index contributed by atoms with van der Waals surface area (Å²) in [6.45, 7) is 0.685. The van der Waals surface area contributed by atoms with Crippen molar-refractivity contribution in [2.24, 2.45) is 0 Å². The van der Waals surface area contributed by atoms with E-state index in [2.05, 4.69) is 43.2 Å². The lowest BCUT2D eigenvalue weighted by Gasteiger charge is -2.09. The second-order valence-corrected chi connectivity index (χ2v) is 5.56. The van der Waals surface area contributed by atoms with Crippen molar-refractivity contribution < 1.29 is 0 Å². The van der Waals surface area contributed by atoms with E-state index in [0.29, 0.717) is 12.1 Å². The van der Waals surface area contributed by atoms with Crippen molar-refractivity contribution in [2.45, 2.75) is 6.54 Å². The number of hydrogen-bond acceptors (Lipinski definition) is 2. The van der Waals surface area contributed by atoms with Crippen molar-refractivity contribution in [1.29, 1.82) is 5.26 Å². The van der Waals surface area contributed by atoms with Crippen molar-refractivity contribution >= 4 is 37.5 Å². The standard InChI is InChI=1S/C14H10Br2N2/c15-12-4-5-13(16)14(7-12)18-9-11-3-1-2-10(6-11)8-17/h1-7,18H,9H2. The van der Waals surface area contributed by atoms with E-state index in [4.69, 9.17) is 5.26 Å². The Hall–Kier alpha value is -1.31. The van der Waals surface area contributed by atoms with Gasteiger partial charge in [0.1, 0.15) is 0 Å². The van der Waals surface area contributed by atoms with Crippen LogP contribution in [0.5, 0.6) is 0 Å². The molecule has 0 fully saturated rings. The molecule has 0 saturated carbocycles. The molecule has 2 rings (SSSR count). The average molecular weight is 366 g/mol. The molecule has 0 atom stereocenters. The Balaban J connectivity index is 2.11. The zero-order chi connectivity index (χ0) is 13.0. The summed E-state index contributed by atoms with van der Waals surface area (Å²) >= 11 is 6.94. The van der Waals surface area contributed by atoms with Crippen LogP contribution in [0, 0.1) is 11.3 Å². The summed E-state index contributed by atoms with van der Waals surface area (Å²) in [5.74, 6) is 0. The molecule has 0 aromatic heterocycles. The minimum absolute atomic E-state index is 0.683. The number of halogens is 2. The molecule has 0 aliphatic carbocycles. The van der Waals surface area contributed by atoms with Gasteiger partial charge in [0.05, 0.1) is 11.6 Å². The molecule has 18 heavy (non-hydrogen) atoms. The van der Waals surface area contributed by atoms with E-state index in [1.165, 1.54) is 0 Å². The molecule has 2 aromatic rings. The molecule has 1 N–H and O–H groups in total. The van der Waals surface area contributed by atoms with Crippen molar-refractivity contribution in [3.8, 4) is 6.07 Å². The Morgan fingerprint density at radius 1 is 1.11 bits per heavy atom. The van der Waals surface area contributed by atoms with Gasteiger partial charge in [0, 0.05) is 21.2 Å². The molecule has 0 aliphatic rings. The van der Waals surface area contributed by atoms with Gasteiger partial charge in [-0.05, 0) is 51.8 Å². The van der Waals surface area contributed by atoms with Crippen molar-refractivity contribution in [3.63, 3.8) is 0 Å². The minimum atomic E-state index is 0.683. The first-order valence-electron chi connectivity index (χ1n) is 5.37. The molecule has 2 nitrogen and oxygen atoms in total. The van der Waals surface area contributed by atoms with E-state index < -0.39 is 0 Å². The topological polar surface area (TPSA) is 35.8 Å². The van der Waals surface area contributed by atoms with Gasteiger partial charge < -0.3 is 5.32 Å². The van der Waals surface area contributed by atoms with Crippen LogP contribution in [0.3, 0.4) is 0 Å². The van der Waals surface area contributed by atoms with Gasteiger partial charge in [0.2, 0.25) is 0 Å². The van der Waals surface area contributed by atoms with Gasteiger partial charge in [-0.25, -0.2) is 0 Å². The second kappa shape index (κ2) is 6.03. The summed E-state index contributed by atoms with van der Waals surface area (Å²) < 4.78 is 2.04. The average Bonchev–Trinajstić information content (AvgIpc) is 2.40. The van der Waals surface area contributed by atoms with Gasteiger partial charge in [-0.15, -0.1) is 0 Å². The van der Waals surface area contributed by atoms with Crippen LogP contribution in [0.15, 0.2) is 51.4 Å². The zero-order valence-electron chi connectivity index (χ0n) is 9.45. The molecule has 90 valence electrons. The van der Waals surface area contributed by atoms with Crippen LogP contribution in [0.4, 0.5) is 5.69 Å². The fourth-order valence-corrected chi connectivity index (χ4v) is 2.33. The molecule has 0 aliphatic heterocycles. The van der Waals surface area contributed by atoms with Crippen molar-refractivity contribution in [2.75, 3.05) is 5.32 Å². The summed E-state index contributed by atoms with van der Waals surface area (Å²) in [5, 5.41) is 12.2. The predicted molar refractivity (Wildman–Crippen MR) is 80.3 cm³/mol. The van der Waals surface area contributed by atoms with Gasteiger partial charge in [-0.2, -0.15) is 5.26 Å². The van der Waals surface area contributed by atoms with E-state index in [9.17, 15) is 0 Å². The molecule has 4 heteroatoms. The number of nitrogens with zero attached hydrogens (tertiary/aromatic N) is 1. The van der Waals surface area contributed by atoms with E-state index in [1.54, 1.807) is 6.07 Å². The summed E-state index contributed by atoms with van der Waals surface area (Å²) in [5.41, 5.74) is 2.79. The number of nitrogens with one attached hydrogen (secondary N) is 1. The van der Waals surface area contributed by atoms with Crippen LogP contribution >= 0.6 is 31.9 Å². The highest BCUT2D eigenvalue weighted by molar-refractivity contribution is 9.11. The zero-order valence-corrected chi connectivity index (χ0v) is 12.6. The Labute approximate surface area is 123 Å². The molecule has 0 radical (unpaired) electrons. The largest absolute Gasteiger partial charge is 0.380 e. The van der Waals surface area contributed by atoms with E-state index in [-0.39, 0.29) is 0 Å². The maximum Gasteiger partial charge on any atom is 0.0991 e. The maximum absolute atomic E-state index is 8.84. The Kier molecular flexibility index (Phi) is 4.40. The fraction of sp³-hybridized carbons (Fsp3) is 0.0714. The van der Waals surface area contributed by atoms with E-state index >= 15 is 0 Å². The normalized spacial score (nSPS) is 9.83. The van der Waals surface area contributed by atoms with Crippen LogP contribution in [-0.4, -0.2) is 0 Å². The summed E-state index contributed by atoms with van der Waals surface area (Å²) in [6.07, 6.45) is 0. The second-order valence-electron chi connectivity index (χ2n) is 3.79. The third-order valence-electron chi connectivity index (χ3n) is 2.47. The first kappa shape index (κ1) is 13.1. The highest BCUT2D eigenvalue weighted by Crippen LogP contribution is 2.26. The molecule has 0 amide bonds. The molecule has 0 unspecified atom stereocenters. The molecule has 0 heterocycles.